The summed E-state index contributed by atoms with van der Waals surface area (Å²) in [6.45, 7) is 3.52. The summed E-state index contributed by atoms with van der Waals surface area (Å²) in [5, 5.41) is 9.52. The Kier molecular flexibility index (Phi) is 4.27. The summed E-state index contributed by atoms with van der Waals surface area (Å²) in [6, 6.07) is 2.99. The molecular formula is C13H17ClN2O3. The molecule has 0 aromatic carbocycles. The van der Waals surface area contributed by atoms with Gasteiger partial charge in [-0.15, -0.1) is 0 Å². The molecule has 0 saturated carbocycles. The molecule has 1 fully saturated rings. The number of nitrogens with zero attached hydrogens (tertiary/aromatic N) is 2. The van der Waals surface area contributed by atoms with Gasteiger partial charge in [-0.25, -0.2) is 9.78 Å². The van der Waals surface area contributed by atoms with E-state index in [0.29, 0.717) is 23.4 Å². The maximum atomic E-state index is 11.3. The quantitative estimate of drug-likeness (QED) is 0.863. The first-order valence-electron chi connectivity index (χ1n) is 6.20. The molecule has 19 heavy (non-hydrogen) atoms. The first-order valence-corrected chi connectivity index (χ1v) is 6.58. The fourth-order valence-corrected chi connectivity index (χ4v) is 2.51. The van der Waals surface area contributed by atoms with Crippen molar-refractivity contribution < 1.29 is 14.6 Å². The number of aromatic carboxylic acids is 1. The lowest BCUT2D eigenvalue weighted by Gasteiger charge is -2.37. The smallest absolute Gasteiger partial charge is 0.339 e. The second-order valence-corrected chi connectivity index (χ2v) is 5.18. The highest BCUT2D eigenvalue weighted by Gasteiger charge is 2.29. The van der Waals surface area contributed by atoms with E-state index >= 15 is 0 Å². The molecule has 2 rings (SSSR count). The highest BCUT2D eigenvalue weighted by Crippen LogP contribution is 2.27. The molecule has 2 heterocycles. The summed E-state index contributed by atoms with van der Waals surface area (Å²) in [6.07, 6.45) is 1.02. The van der Waals surface area contributed by atoms with Crippen molar-refractivity contribution in [2.45, 2.75) is 19.4 Å². The Morgan fingerprint density at radius 2 is 2.32 bits per heavy atom. The Labute approximate surface area is 117 Å². The van der Waals surface area contributed by atoms with Crippen molar-refractivity contribution >= 4 is 23.4 Å². The lowest BCUT2D eigenvalue weighted by molar-refractivity contribution is 0.0494. The van der Waals surface area contributed by atoms with E-state index in [2.05, 4.69) is 11.9 Å². The predicted molar refractivity (Wildman–Crippen MR) is 73.0 cm³/mol. The van der Waals surface area contributed by atoms with Gasteiger partial charge >= 0.3 is 5.97 Å². The van der Waals surface area contributed by atoms with Crippen molar-refractivity contribution in [3.8, 4) is 0 Å². The monoisotopic (exact) mass is 284 g/mol. The van der Waals surface area contributed by atoms with Gasteiger partial charge < -0.3 is 14.7 Å². The fraction of sp³-hybridized carbons (Fsp3) is 0.538. The summed E-state index contributed by atoms with van der Waals surface area (Å²) < 4.78 is 5.44. The van der Waals surface area contributed by atoms with Gasteiger partial charge in [0.15, 0.2) is 0 Å². The first kappa shape index (κ1) is 14.1. The molecule has 1 N–H and O–H groups in total. The number of piperidine rings is 1. The van der Waals surface area contributed by atoms with Crippen molar-refractivity contribution in [2.24, 2.45) is 5.92 Å². The number of carboxylic acids is 1. The molecule has 1 aliphatic rings. The van der Waals surface area contributed by atoms with Gasteiger partial charge in [0, 0.05) is 20.2 Å². The molecule has 104 valence electrons. The van der Waals surface area contributed by atoms with Crippen LogP contribution in [0.2, 0.25) is 5.15 Å². The zero-order valence-electron chi connectivity index (χ0n) is 11.0. The predicted octanol–water partition coefficient (Wildman–Crippen LogP) is 2.29. The van der Waals surface area contributed by atoms with Gasteiger partial charge in [-0.1, -0.05) is 18.5 Å². The van der Waals surface area contributed by atoms with Gasteiger partial charge in [0.2, 0.25) is 0 Å². The van der Waals surface area contributed by atoms with Crippen LogP contribution in [0.15, 0.2) is 12.1 Å². The summed E-state index contributed by atoms with van der Waals surface area (Å²) in [7, 11) is 1.67. The Hall–Kier alpha value is -1.33. The molecule has 1 aromatic heterocycles. The molecule has 0 spiro atoms. The molecule has 1 saturated heterocycles. The number of carbonyl (C=O) groups is 1. The zero-order chi connectivity index (χ0) is 14.0. The van der Waals surface area contributed by atoms with Gasteiger partial charge in [0.05, 0.1) is 6.10 Å². The van der Waals surface area contributed by atoms with Gasteiger partial charge in [0.1, 0.15) is 16.5 Å². The second kappa shape index (κ2) is 5.75. The molecule has 1 aliphatic heterocycles. The lowest BCUT2D eigenvalue weighted by Crippen LogP contribution is -2.44. The van der Waals surface area contributed by atoms with Crippen LogP contribution in [0.4, 0.5) is 5.82 Å². The van der Waals surface area contributed by atoms with Gasteiger partial charge in [-0.2, -0.15) is 0 Å². The Morgan fingerprint density at radius 3 is 2.95 bits per heavy atom. The third-order valence-electron chi connectivity index (χ3n) is 3.56. The van der Waals surface area contributed by atoms with E-state index in [1.54, 1.807) is 7.11 Å². The molecular weight excluding hydrogens is 268 g/mol. The van der Waals surface area contributed by atoms with Crippen LogP contribution >= 0.6 is 11.6 Å². The van der Waals surface area contributed by atoms with E-state index < -0.39 is 5.97 Å². The number of hydrogen-bond donors (Lipinski definition) is 1. The van der Waals surface area contributed by atoms with Gasteiger partial charge in [0.25, 0.3) is 0 Å². The van der Waals surface area contributed by atoms with Crippen molar-refractivity contribution in [1.82, 2.24) is 4.98 Å². The molecule has 0 aliphatic carbocycles. The number of carboxylic acid groups (broad SMARTS) is 1. The fourth-order valence-electron chi connectivity index (χ4n) is 2.37. The number of aromatic nitrogens is 1. The average molecular weight is 285 g/mol. The standard InChI is InChI=1S/C13H17ClN2O3/c1-8-5-6-16(7-10(8)19-2)12-9(13(17)18)3-4-11(14)15-12/h3-4,8,10H,5-7H2,1-2H3,(H,17,18). The van der Waals surface area contributed by atoms with Gasteiger partial charge in [-0.05, 0) is 24.5 Å². The summed E-state index contributed by atoms with van der Waals surface area (Å²) in [5.74, 6) is -0.116. The molecule has 2 unspecified atom stereocenters. The third kappa shape index (κ3) is 2.98. The normalized spacial score (nSPS) is 23.4. The lowest BCUT2D eigenvalue weighted by atomic mass is 9.95. The van der Waals surface area contributed by atoms with Crippen LogP contribution in [-0.2, 0) is 4.74 Å². The minimum absolute atomic E-state index is 0.0798. The van der Waals surface area contributed by atoms with Crippen LogP contribution in [-0.4, -0.2) is 42.4 Å². The van der Waals surface area contributed by atoms with E-state index in [1.807, 2.05) is 4.90 Å². The summed E-state index contributed by atoms with van der Waals surface area (Å²) in [5.41, 5.74) is 0.175. The molecule has 5 nitrogen and oxygen atoms in total. The van der Waals surface area contributed by atoms with Crippen LogP contribution < -0.4 is 4.90 Å². The Morgan fingerprint density at radius 1 is 1.58 bits per heavy atom. The molecule has 0 radical (unpaired) electrons. The van der Waals surface area contributed by atoms with Crippen LogP contribution in [0.5, 0.6) is 0 Å². The zero-order valence-corrected chi connectivity index (χ0v) is 11.7. The van der Waals surface area contributed by atoms with Crippen molar-refractivity contribution in [2.75, 3.05) is 25.1 Å². The molecule has 1 aromatic rings. The molecule has 0 amide bonds. The van der Waals surface area contributed by atoms with Crippen molar-refractivity contribution in [3.05, 3.63) is 22.8 Å². The van der Waals surface area contributed by atoms with Crippen molar-refractivity contribution in [3.63, 3.8) is 0 Å². The maximum absolute atomic E-state index is 11.3. The van der Waals surface area contributed by atoms with E-state index in [-0.39, 0.29) is 11.7 Å². The maximum Gasteiger partial charge on any atom is 0.339 e. The number of rotatable bonds is 3. The number of ether oxygens (including phenoxy) is 1. The van der Waals surface area contributed by atoms with E-state index in [4.69, 9.17) is 16.3 Å². The third-order valence-corrected chi connectivity index (χ3v) is 3.77. The van der Waals surface area contributed by atoms with Crippen LogP contribution in [0.25, 0.3) is 0 Å². The van der Waals surface area contributed by atoms with E-state index in [0.717, 1.165) is 13.0 Å². The topological polar surface area (TPSA) is 62.7 Å². The number of hydrogen-bond acceptors (Lipinski definition) is 4. The highest BCUT2D eigenvalue weighted by molar-refractivity contribution is 6.29. The van der Waals surface area contributed by atoms with Gasteiger partial charge in [-0.3, -0.25) is 0 Å². The van der Waals surface area contributed by atoms with E-state index in [9.17, 15) is 9.90 Å². The Balaban J connectivity index is 2.31. The molecule has 0 bridgehead atoms. The largest absolute Gasteiger partial charge is 0.478 e. The number of pyridine rings is 1. The number of methoxy groups -OCH3 is 1. The van der Waals surface area contributed by atoms with Crippen LogP contribution in [0.1, 0.15) is 23.7 Å². The minimum atomic E-state index is -0.994. The van der Waals surface area contributed by atoms with E-state index in [1.165, 1.54) is 12.1 Å². The number of halogens is 1. The first-order chi connectivity index (χ1) is 9.02. The SMILES string of the molecule is COC1CN(c2nc(Cl)ccc2C(=O)O)CCC1C. The minimum Gasteiger partial charge on any atom is -0.478 e. The molecule has 6 heteroatoms. The average Bonchev–Trinajstić information content (AvgIpc) is 2.38. The van der Waals surface area contributed by atoms with Crippen molar-refractivity contribution in [1.29, 1.82) is 0 Å². The number of anilines is 1. The van der Waals surface area contributed by atoms with Crippen LogP contribution in [0, 0.1) is 5.92 Å². The second-order valence-electron chi connectivity index (χ2n) is 4.80. The van der Waals surface area contributed by atoms with Crippen LogP contribution in [0.3, 0.4) is 0 Å². The summed E-state index contributed by atoms with van der Waals surface area (Å²) in [4.78, 5) is 17.4. The molecule has 2 atom stereocenters. The summed E-state index contributed by atoms with van der Waals surface area (Å²) >= 11 is 5.88. The highest BCUT2D eigenvalue weighted by atomic mass is 35.5. The Bertz CT molecular complexity index is 481.